The number of carbonyl (C=O) groups is 1. The molecule has 0 aliphatic carbocycles. The molecule has 0 fully saturated rings. The van der Waals surface area contributed by atoms with Gasteiger partial charge in [-0.1, -0.05) is 24.3 Å². The van der Waals surface area contributed by atoms with Gasteiger partial charge < -0.3 is 5.11 Å². The summed E-state index contributed by atoms with van der Waals surface area (Å²) < 4.78 is 0. The van der Waals surface area contributed by atoms with Crippen molar-refractivity contribution in [2.75, 3.05) is 0 Å². The molecule has 0 bridgehead atoms. The third-order valence-corrected chi connectivity index (χ3v) is 3.27. The SMILES string of the molecule is N#Cc1cccc(-c2ccc3c(c2)N=C(C(=O)O)C3)c1. The topological polar surface area (TPSA) is 73.5 Å². The maximum absolute atomic E-state index is 10.9. The van der Waals surface area contributed by atoms with Crippen molar-refractivity contribution >= 4 is 17.4 Å². The van der Waals surface area contributed by atoms with E-state index in [1.54, 1.807) is 12.1 Å². The van der Waals surface area contributed by atoms with Gasteiger partial charge in [0.2, 0.25) is 0 Å². The van der Waals surface area contributed by atoms with Crippen LogP contribution in [0.15, 0.2) is 47.5 Å². The number of rotatable bonds is 2. The third kappa shape index (κ3) is 2.06. The van der Waals surface area contributed by atoms with E-state index < -0.39 is 5.97 Å². The molecule has 2 aromatic carbocycles. The molecule has 2 aromatic rings. The molecule has 0 unspecified atom stereocenters. The van der Waals surface area contributed by atoms with Crippen LogP contribution < -0.4 is 0 Å². The van der Waals surface area contributed by atoms with Gasteiger partial charge in [0.1, 0.15) is 5.71 Å². The van der Waals surface area contributed by atoms with Crippen LogP contribution in [0.5, 0.6) is 0 Å². The van der Waals surface area contributed by atoms with Gasteiger partial charge in [0.15, 0.2) is 0 Å². The fraction of sp³-hybridized carbons (Fsp3) is 0.0625. The normalized spacial score (nSPS) is 12.4. The fourth-order valence-corrected chi connectivity index (χ4v) is 2.25. The molecule has 3 rings (SSSR count). The van der Waals surface area contributed by atoms with E-state index in [0.29, 0.717) is 17.7 Å². The number of nitrogens with zero attached hydrogens (tertiary/aromatic N) is 2. The Morgan fingerprint density at radius 2 is 2.00 bits per heavy atom. The Morgan fingerprint density at radius 1 is 1.20 bits per heavy atom. The van der Waals surface area contributed by atoms with E-state index in [4.69, 9.17) is 10.4 Å². The van der Waals surface area contributed by atoms with Crippen molar-refractivity contribution in [2.24, 2.45) is 4.99 Å². The first-order valence-electron chi connectivity index (χ1n) is 6.12. The molecular weight excluding hydrogens is 252 g/mol. The van der Waals surface area contributed by atoms with Gasteiger partial charge in [0.25, 0.3) is 0 Å². The van der Waals surface area contributed by atoms with Gasteiger partial charge in [-0.3, -0.25) is 0 Å². The summed E-state index contributed by atoms with van der Waals surface area (Å²) in [5.41, 5.74) is 4.23. The second-order valence-corrected chi connectivity index (χ2v) is 4.58. The molecule has 4 heteroatoms. The molecule has 1 aliphatic heterocycles. The van der Waals surface area contributed by atoms with Crippen LogP contribution in [0.3, 0.4) is 0 Å². The molecule has 96 valence electrons. The zero-order valence-corrected chi connectivity index (χ0v) is 10.5. The lowest BCUT2D eigenvalue weighted by Gasteiger charge is -2.04. The summed E-state index contributed by atoms with van der Waals surface area (Å²) in [5, 5.41) is 17.9. The lowest BCUT2D eigenvalue weighted by atomic mass is 10.0. The van der Waals surface area contributed by atoms with Gasteiger partial charge >= 0.3 is 5.97 Å². The average molecular weight is 262 g/mol. The Bertz CT molecular complexity index is 785. The largest absolute Gasteiger partial charge is 0.477 e. The molecule has 4 nitrogen and oxygen atoms in total. The lowest BCUT2D eigenvalue weighted by molar-refractivity contribution is -0.129. The molecule has 0 aromatic heterocycles. The molecule has 0 saturated heterocycles. The van der Waals surface area contributed by atoms with Crippen LogP contribution in [0.1, 0.15) is 11.1 Å². The van der Waals surface area contributed by atoms with Crippen molar-refractivity contribution in [1.29, 1.82) is 5.26 Å². The van der Waals surface area contributed by atoms with Crippen LogP contribution in [-0.2, 0) is 11.2 Å². The van der Waals surface area contributed by atoms with Gasteiger partial charge in [0, 0.05) is 6.42 Å². The first-order valence-corrected chi connectivity index (χ1v) is 6.12. The first kappa shape index (κ1) is 12.1. The van der Waals surface area contributed by atoms with Gasteiger partial charge in [-0.25, -0.2) is 9.79 Å². The number of carboxylic acids is 1. The van der Waals surface area contributed by atoms with Gasteiger partial charge in [-0.2, -0.15) is 5.26 Å². The highest BCUT2D eigenvalue weighted by atomic mass is 16.4. The number of fused-ring (bicyclic) bond motifs is 1. The van der Waals surface area contributed by atoms with Crippen molar-refractivity contribution in [3.63, 3.8) is 0 Å². The Balaban J connectivity index is 2.04. The standard InChI is InChI=1S/C16H10N2O2/c17-9-10-2-1-3-11(6-10)12-4-5-13-8-15(16(19)20)18-14(13)7-12/h1-7H,8H2,(H,19,20). The third-order valence-electron chi connectivity index (χ3n) is 3.27. The van der Waals surface area contributed by atoms with Crippen molar-refractivity contribution < 1.29 is 9.90 Å². The monoisotopic (exact) mass is 262 g/mol. The predicted molar refractivity (Wildman–Crippen MR) is 75.0 cm³/mol. The van der Waals surface area contributed by atoms with Crippen LogP contribution in [0, 0.1) is 11.3 Å². The van der Waals surface area contributed by atoms with Crippen LogP contribution in [0.25, 0.3) is 11.1 Å². The lowest BCUT2D eigenvalue weighted by Crippen LogP contribution is -2.11. The molecule has 20 heavy (non-hydrogen) atoms. The van der Waals surface area contributed by atoms with Crippen LogP contribution in [0.2, 0.25) is 0 Å². The minimum Gasteiger partial charge on any atom is -0.477 e. The Hall–Kier alpha value is -2.93. The molecule has 0 amide bonds. The van der Waals surface area contributed by atoms with Crippen LogP contribution >= 0.6 is 0 Å². The van der Waals surface area contributed by atoms with E-state index in [0.717, 1.165) is 16.7 Å². The number of benzene rings is 2. The Labute approximate surface area is 115 Å². The number of aliphatic carboxylic acids is 1. The van der Waals surface area contributed by atoms with E-state index in [2.05, 4.69) is 11.1 Å². The smallest absolute Gasteiger partial charge is 0.350 e. The Morgan fingerprint density at radius 3 is 2.75 bits per heavy atom. The summed E-state index contributed by atoms with van der Waals surface area (Å²) in [6.07, 6.45) is 0.364. The second-order valence-electron chi connectivity index (χ2n) is 4.58. The summed E-state index contributed by atoms with van der Waals surface area (Å²) in [5.74, 6) is -0.978. The molecule has 0 saturated carbocycles. The highest BCUT2D eigenvalue weighted by Crippen LogP contribution is 2.32. The van der Waals surface area contributed by atoms with E-state index in [-0.39, 0.29) is 5.71 Å². The summed E-state index contributed by atoms with van der Waals surface area (Å²) in [4.78, 5) is 15.1. The van der Waals surface area contributed by atoms with Crippen molar-refractivity contribution in [3.05, 3.63) is 53.6 Å². The van der Waals surface area contributed by atoms with Gasteiger partial charge in [0.05, 0.1) is 17.3 Å². The maximum Gasteiger partial charge on any atom is 0.350 e. The fourth-order valence-electron chi connectivity index (χ4n) is 2.25. The van der Waals surface area contributed by atoms with Gasteiger partial charge in [-0.05, 0) is 34.9 Å². The first-order chi connectivity index (χ1) is 9.67. The van der Waals surface area contributed by atoms with Crippen LogP contribution in [0.4, 0.5) is 5.69 Å². The quantitative estimate of drug-likeness (QED) is 0.904. The summed E-state index contributed by atoms with van der Waals surface area (Å²) in [6, 6.07) is 15.1. The van der Waals surface area contributed by atoms with E-state index in [1.807, 2.05) is 30.3 Å². The zero-order chi connectivity index (χ0) is 14.1. The Kier molecular flexibility index (Phi) is 2.81. The number of carboxylic acid groups (broad SMARTS) is 1. The summed E-state index contributed by atoms with van der Waals surface area (Å²) >= 11 is 0. The van der Waals surface area contributed by atoms with Gasteiger partial charge in [-0.15, -0.1) is 0 Å². The number of aliphatic imine (C=N–C) groups is 1. The second kappa shape index (κ2) is 4.63. The van der Waals surface area contributed by atoms with Crippen molar-refractivity contribution in [3.8, 4) is 17.2 Å². The van der Waals surface area contributed by atoms with Crippen molar-refractivity contribution in [2.45, 2.75) is 6.42 Å². The minimum atomic E-state index is -0.978. The predicted octanol–water partition coefficient (Wildman–Crippen LogP) is 2.94. The molecular formula is C16H10N2O2. The highest BCUT2D eigenvalue weighted by Gasteiger charge is 2.20. The van der Waals surface area contributed by atoms with E-state index >= 15 is 0 Å². The molecule has 0 spiro atoms. The number of hydrogen-bond donors (Lipinski definition) is 1. The zero-order valence-electron chi connectivity index (χ0n) is 10.5. The van der Waals surface area contributed by atoms with Crippen LogP contribution in [-0.4, -0.2) is 16.8 Å². The number of nitriles is 1. The van der Waals surface area contributed by atoms with E-state index in [1.165, 1.54) is 0 Å². The molecule has 1 N–H and O–H groups in total. The van der Waals surface area contributed by atoms with E-state index in [9.17, 15) is 4.79 Å². The summed E-state index contributed by atoms with van der Waals surface area (Å²) in [6.45, 7) is 0. The molecule has 1 heterocycles. The average Bonchev–Trinajstić information content (AvgIpc) is 2.90. The molecule has 0 radical (unpaired) electrons. The number of hydrogen-bond acceptors (Lipinski definition) is 3. The maximum atomic E-state index is 10.9. The summed E-state index contributed by atoms with van der Waals surface area (Å²) in [7, 11) is 0. The minimum absolute atomic E-state index is 0.169. The highest BCUT2D eigenvalue weighted by molar-refractivity contribution is 6.37. The molecule has 0 atom stereocenters. The molecule has 1 aliphatic rings. The van der Waals surface area contributed by atoms with Crippen molar-refractivity contribution in [1.82, 2.24) is 0 Å².